The molecule has 1 saturated carbocycles. The molecule has 1 aliphatic carbocycles. The van der Waals surface area contributed by atoms with Crippen LogP contribution in [0, 0.1) is 0 Å². The van der Waals surface area contributed by atoms with E-state index < -0.39 is 0 Å². The van der Waals surface area contributed by atoms with E-state index in [9.17, 15) is 0 Å². The maximum atomic E-state index is 2.41. The van der Waals surface area contributed by atoms with E-state index in [4.69, 9.17) is 0 Å². The first kappa shape index (κ1) is 38.8. The molecule has 9 aromatic carbocycles. The maximum absolute atomic E-state index is 2.41. The standard InChI is InChI=1S/C60H50N2/c1-6-16-46(17-7-1)49-24-34-55(35-25-49)61(54-22-12-4-13-23-54)58-40-30-52(31-41-58)60(44-14-5-15-45-60)53-32-42-59(43-33-53)62(56-36-26-50(27-37-56)47-18-8-2-9-19-47)57-38-28-51(29-39-57)48-20-10-3-11-21-48/h1-4,6-13,16-43H,5,14-15,44-45H2. The summed E-state index contributed by atoms with van der Waals surface area (Å²) in [6, 6.07) is 88.4. The number of para-hydroxylation sites is 1. The van der Waals surface area contributed by atoms with Crippen molar-refractivity contribution in [2.45, 2.75) is 37.5 Å². The molecule has 0 heterocycles. The summed E-state index contributed by atoms with van der Waals surface area (Å²) < 4.78 is 0. The molecule has 62 heavy (non-hydrogen) atoms. The highest BCUT2D eigenvalue weighted by Crippen LogP contribution is 2.47. The van der Waals surface area contributed by atoms with E-state index in [1.807, 2.05) is 0 Å². The number of rotatable bonds is 11. The summed E-state index contributed by atoms with van der Waals surface area (Å²) in [5, 5.41) is 0. The molecule has 0 saturated heterocycles. The molecular weight excluding hydrogens is 749 g/mol. The number of hydrogen-bond donors (Lipinski definition) is 0. The van der Waals surface area contributed by atoms with Crippen LogP contribution in [0.5, 0.6) is 0 Å². The van der Waals surface area contributed by atoms with Crippen LogP contribution in [0.25, 0.3) is 33.4 Å². The summed E-state index contributed by atoms with van der Waals surface area (Å²) in [5.74, 6) is 0. The van der Waals surface area contributed by atoms with Crippen molar-refractivity contribution in [1.82, 2.24) is 0 Å². The fourth-order valence-electron chi connectivity index (χ4n) is 9.53. The Morgan fingerprint density at radius 1 is 0.226 bits per heavy atom. The largest absolute Gasteiger partial charge is 0.311 e. The molecule has 0 unspecified atom stereocenters. The third kappa shape index (κ3) is 7.96. The summed E-state index contributed by atoms with van der Waals surface area (Å²) in [6.07, 6.45) is 6.01. The van der Waals surface area contributed by atoms with E-state index >= 15 is 0 Å². The van der Waals surface area contributed by atoms with Gasteiger partial charge in [-0.3, -0.25) is 0 Å². The fraction of sp³-hybridized carbons (Fsp3) is 0.100. The molecule has 2 heteroatoms. The minimum Gasteiger partial charge on any atom is -0.311 e. The minimum atomic E-state index is -0.0519. The van der Waals surface area contributed by atoms with Gasteiger partial charge < -0.3 is 9.80 Å². The topological polar surface area (TPSA) is 6.48 Å². The zero-order valence-corrected chi connectivity index (χ0v) is 35.0. The zero-order chi connectivity index (χ0) is 41.6. The molecule has 2 nitrogen and oxygen atoms in total. The molecule has 0 bridgehead atoms. The number of anilines is 6. The third-order valence-electron chi connectivity index (χ3n) is 12.8. The molecule has 0 N–H and O–H groups in total. The molecule has 0 aromatic heterocycles. The molecule has 0 radical (unpaired) electrons. The number of hydrogen-bond acceptors (Lipinski definition) is 2. The molecule has 1 aliphatic rings. The predicted molar refractivity (Wildman–Crippen MR) is 262 cm³/mol. The van der Waals surface area contributed by atoms with Gasteiger partial charge in [0.1, 0.15) is 0 Å². The van der Waals surface area contributed by atoms with Crippen LogP contribution in [-0.2, 0) is 5.41 Å². The zero-order valence-electron chi connectivity index (χ0n) is 35.0. The van der Waals surface area contributed by atoms with Crippen LogP contribution in [0.15, 0.2) is 243 Å². The molecular formula is C60H50N2. The average Bonchev–Trinajstić information content (AvgIpc) is 3.36. The van der Waals surface area contributed by atoms with E-state index in [1.54, 1.807) is 0 Å². The Kier molecular flexibility index (Phi) is 11.0. The van der Waals surface area contributed by atoms with Crippen molar-refractivity contribution in [3.8, 4) is 33.4 Å². The highest BCUT2D eigenvalue weighted by Gasteiger charge is 2.36. The Hall–Kier alpha value is -7.42. The van der Waals surface area contributed by atoms with Gasteiger partial charge in [0.05, 0.1) is 0 Å². The fourth-order valence-corrected chi connectivity index (χ4v) is 9.53. The monoisotopic (exact) mass is 798 g/mol. The lowest BCUT2D eigenvalue weighted by molar-refractivity contribution is 0.346. The van der Waals surface area contributed by atoms with Crippen LogP contribution in [-0.4, -0.2) is 0 Å². The molecule has 1 fully saturated rings. The van der Waals surface area contributed by atoms with E-state index in [-0.39, 0.29) is 5.41 Å². The summed E-state index contributed by atoms with van der Waals surface area (Å²) in [7, 11) is 0. The second kappa shape index (κ2) is 17.7. The van der Waals surface area contributed by atoms with Gasteiger partial charge in [-0.1, -0.05) is 189 Å². The SMILES string of the molecule is c1ccc(-c2ccc(N(c3ccccc3)c3ccc(C4(c5ccc(N(c6ccc(-c7ccccc7)cc6)c6ccc(-c7ccccc7)cc6)cc5)CCCCC4)cc3)cc2)cc1. The van der Waals surface area contributed by atoms with Gasteiger partial charge in [0, 0.05) is 39.5 Å². The summed E-state index contributed by atoms with van der Waals surface area (Å²) in [6.45, 7) is 0. The summed E-state index contributed by atoms with van der Waals surface area (Å²) in [5.41, 5.74) is 16.9. The second-order valence-corrected chi connectivity index (χ2v) is 16.5. The van der Waals surface area contributed by atoms with Crippen LogP contribution in [0.2, 0.25) is 0 Å². The number of nitrogens with zero attached hydrogens (tertiary/aromatic N) is 2. The van der Waals surface area contributed by atoms with Gasteiger partial charge in [-0.25, -0.2) is 0 Å². The lowest BCUT2D eigenvalue weighted by Gasteiger charge is -2.39. The van der Waals surface area contributed by atoms with E-state index in [2.05, 4.69) is 252 Å². The van der Waals surface area contributed by atoms with Crippen LogP contribution in [0.3, 0.4) is 0 Å². The summed E-state index contributed by atoms with van der Waals surface area (Å²) in [4.78, 5) is 4.76. The highest BCUT2D eigenvalue weighted by molar-refractivity contribution is 5.81. The summed E-state index contributed by atoms with van der Waals surface area (Å²) >= 11 is 0. The van der Waals surface area contributed by atoms with Gasteiger partial charge in [0.2, 0.25) is 0 Å². The Balaban J connectivity index is 0.984. The average molecular weight is 799 g/mol. The Labute approximate surface area is 367 Å². The van der Waals surface area contributed by atoms with Crippen molar-refractivity contribution in [3.63, 3.8) is 0 Å². The molecule has 0 spiro atoms. The van der Waals surface area contributed by atoms with Crippen LogP contribution >= 0.6 is 0 Å². The predicted octanol–water partition coefficient (Wildman–Crippen LogP) is 16.9. The highest BCUT2D eigenvalue weighted by atomic mass is 15.1. The molecule has 300 valence electrons. The minimum absolute atomic E-state index is 0.0519. The first-order chi connectivity index (χ1) is 30.7. The Morgan fingerprint density at radius 3 is 0.774 bits per heavy atom. The molecule has 10 rings (SSSR count). The van der Waals surface area contributed by atoms with Crippen LogP contribution < -0.4 is 9.80 Å². The van der Waals surface area contributed by atoms with Crippen molar-refractivity contribution in [2.24, 2.45) is 0 Å². The third-order valence-corrected chi connectivity index (χ3v) is 12.8. The number of benzene rings is 9. The normalized spacial score (nSPS) is 13.3. The van der Waals surface area contributed by atoms with Gasteiger partial charge in [-0.15, -0.1) is 0 Å². The van der Waals surface area contributed by atoms with E-state index in [0.717, 1.165) is 47.0 Å². The Morgan fingerprint density at radius 2 is 0.468 bits per heavy atom. The smallest absolute Gasteiger partial charge is 0.0462 e. The second-order valence-electron chi connectivity index (χ2n) is 16.5. The first-order valence-corrected chi connectivity index (χ1v) is 22.0. The van der Waals surface area contributed by atoms with E-state index in [0.29, 0.717) is 0 Å². The van der Waals surface area contributed by atoms with Crippen molar-refractivity contribution >= 4 is 34.1 Å². The van der Waals surface area contributed by atoms with Gasteiger partial charge in [-0.05, 0) is 130 Å². The lowest BCUT2D eigenvalue weighted by atomic mass is 9.65. The molecule has 0 aliphatic heterocycles. The van der Waals surface area contributed by atoms with Crippen LogP contribution in [0.1, 0.15) is 43.2 Å². The van der Waals surface area contributed by atoms with Gasteiger partial charge in [-0.2, -0.15) is 0 Å². The lowest BCUT2D eigenvalue weighted by Crippen LogP contribution is -2.30. The molecule has 0 amide bonds. The first-order valence-electron chi connectivity index (χ1n) is 22.0. The maximum Gasteiger partial charge on any atom is 0.0462 e. The van der Waals surface area contributed by atoms with Crippen molar-refractivity contribution in [3.05, 3.63) is 254 Å². The quantitative estimate of drug-likeness (QED) is 0.129. The van der Waals surface area contributed by atoms with Crippen molar-refractivity contribution in [1.29, 1.82) is 0 Å². The van der Waals surface area contributed by atoms with Gasteiger partial charge >= 0.3 is 0 Å². The van der Waals surface area contributed by atoms with Crippen molar-refractivity contribution < 1.29 is 0 Å². The van der Waals surface area contributed by atoms with Crippen molar-refractivity contribution in [2.75, 3.05) is 9.80 Å². The Bertz CT molecular complexity index is 2710. The molecule has 9 aromatic rings. The van der Waals surface area contributed by atoms with E-state index in [1.165, 1.54) is 63.8 Å². The van der Waals surface area contributed by atoms with Gasteiger partial charge in [0.15, 0.2) is 0 Å². The van der Waals surface area contributed by atoms with Gasteiger partial charge in [0.25, 0.3) is 0 Å². The molecule has 0 atom stereocenters. The van der Waals surface area contributed by atoms with Crippen LogP contribution in [0.4, 0.5) is 34.1 Å².